The quantitative estimate of drug-likeness (QED) is 0.325. The fourth-order valence-corrected chi connectivity index (χ4v) is 3.53. The number of pyridine rings is 1. The highest BCUT2D eigenvalue weighted by Gasteiger charge is 2.16. The predicted octanol–water partition coefficient (Wildman–Crippen LogP) is 6.68. The third kappa shape index (κ3) is 4.13. The SMILES string of the molecule is CCCCc1ccc(-c2ccc(-c3cc(C(=O)OCC)c4ccccc4n3)o2)cc1. The molecule has 0 unspecified atom stereocenters. The number of hydrogen-bond donors (Lipinski definition) is 0. The van der Waals surface area contributed by atoms with Gasteiger partial charge in [0.15, 0.2) is 5.76 Å². The van der Waals surface area contributed by atoms with Crippen molar-refractivity contribution in [2.45, 2.75) is 33.1 Å². The highest BCUT2D eigenvalue weighted by molar-refractivity contribution is 6.04. The van der Waals surface area contributed by atoms with E-state index >= 15 is 0 Å². The largest absolute Gasteiger partial charge is 0.462 e. The lowest BCUT2D eigenvalue weighted by Gasteiger charge is -2.08. The number of furan rings is 1. The third-order valence-electron chi connectivity index (χ3n) is 5.13. The monoisotopic (exact) mass is 399 g/mol. The zero-order valence-corrected chi connectivity index (χ0v) is 17.4. The van der Waals surface area contributed by atoms with Crippen molar-refractivity contribution in [2.75, 3.05) is 6.61 Å². The molecule has 4 nitrogen and oxygen atoms in total. The van der Waals surface area contributed by atoms with E-state index in [0.29, 0.717) is 23.6 Å². The minimum Gasteiger partial charge on any atom is -0.462 e. The second-order valence-corrected chi connectivity index (χ2v) is 7.26. The Balaban J connectivity index is 1.68. The normalized spacial score (nSPS) is 11.0. The van der Waals surface area contributed by atoms with Gasteiger partial charge >= 0.3 is 5.97 Å². The Kier molecular flexibility index (Phi) is 5.94. The average Bonchev–Trinajstić information content (AvgIpc) is 3.28. The van der Waals surface area contributed by atoms with E-state index in [0.717, 1.165) is 28.6 Å². The molecule has 0 atom stereocenters. The van der Waals surface area contributed by atoms with Crippen LogP contribution in [0.3, 0.4) is 0 Å². The smallest absolute Gasteiger partial charge is 0.338 e. The molecule has 0 radical (unpaired) electrons. The molecule has 0 bridgehead atoms. The maximum Gasteiger partial charge on any atom is 0.338 e. The maximum absolute atomic E-state index is 12.5. The van der Waals surface area contributed by atoms with Crippen LogP contribution in [0.1, 0.15) is 42.6 Å². The molecule has 2 heterocycles. The fraction of sp³-hybridized carbons (Fsp3) is 0.231. The van der Waals surface area contributed by atoms with Gasteiger partial charge < -0.3 is 9.15 Å². The van der Waals surface area contributed by atoms with Gasteiger partial charge in [-0.2, -0.15) is 0 Å². The zero-order valence-electron chi connectivity index (χ0n) is 17.4. The molecule has 4 heteroatoms. The molecule has 0 saturated heterocycles. The summed E-state index contributed by atoms with van der Waals surface area (Å²) in [6.07, 6.45) is 3.48. The van der Waals surface area contributed by atoms with Gasteiger partial charge in [0.05, 0.1) is 17.7 Å². The lowest BCUT2D eigenvalue weighted by molar-refractivity contribution is 0.0528. The van der Waals surface area contributed by atoms with Crippen molar-refractivity contribution in [3.8, 4) is 22.8 Å². The van der Waals surface area contributed by atoms with Crippen molar-refractivity contribution in [2.24, 2.45) is 0 Å². The Bertz CT molecular complexity index is 1160. The van der Waals surface area contributed by atoms with Gasteiger partial charge in [-0.05, 0) is 49.6 Å². The number of carbonyl (C=O) groups excluding carboxylic acids is 1. The summed E-state index contributed by atoms with van der Waals surface area (Å²) < 4.78 is 11.3. The average molecular weight is 399 g/mol. The van der Waals surface area contributed by atoms with Crippen LogP contribution in [-0.2, 0) is 11.2 Å². The van der Waals surface area contributed by atoms with Crippen molar-refractivity contribution in [3.63, 3.8) is 0 Å². The minimum atomic E-state index is -0.355. The minimum absolute atomic E-state index is 0.323. The van der Waals surface area contributed by atoms with Gasteiger partial charge in [0.2, 0.25) is 0 Å². The molecule has 2 aromatic carbocycles. The number of unbranched alkanes of at least 4 members (excludes halogenated alkanes) is 1. The number of ether oxygens (including phenoxy) is 1. The third-order valence-corrected chi connectivity index (χ3v) is 5.13. The first kappa shape index (κ1) is 19.9. The van der Waals surface area contributed by atoms with Gasteiger partial charge in [-0.1, -0.05) is 55.8 Å². The number of benzene rings is 2. The first-order valence-electron chi connectivity index (χ1n) is 10.5. The summed E-state index contributed by atoms with van der Waals surface area (Å²) in [6.45, 7) is 4.32. The van der Waals surface area contributed by atoms with E-state index in [2.05, 4.69) is 31.2 Å². The molecule has 4 rings (SSSR count). The van der Waals surface area contributed by atoms with Gasteiger partial charge in [0.1, 0.15) is 11.5 Å². The molecule has 0 aliphatic carbocycles. The Morgan fingerprint density at radius 2 is 1.73 bits per heavy atom. The molecule has 2 aromatic heterocycles. The van der Waals surface area contributed by atoms with Crippen LogP contribution in [0.15, 0.2) is 71.1 Å². The van der Waals surface area contributed by atoms with Crippen molar-refractivity contribution >= 4 is 16.9 Å². The molecule has 0 aliphatic rings. The van der Waals surface area contributed by atoms with Gasteiger partial charge in [-0.25, -0.2) is 9.78 Å². The number of rotatable bonds is 7. The standard InChI is InChI=1S/C26H25NO3/c1-3-5-8-18-11-13-19(14-12-18)24-15-16-25(30-24)23-17-21(26(28)29-4-2)20-9-6-7-10-22(20)27-23/h6-7,9-17H,3-5,8H2,1-2H3. The molecule has 0 fully saturated rings. The van der Waals surface area contributed by atoms with Gasteiger partial charge in [-0.3, -0.25) is 0 Å². The molecule has 30 heavy (non-hydrogen) atoms. The Labute approximate surface area is 176 Å². The first-order chi connectivity index (χ1) is 14.7. The second-order valence-electron chi connectivity index (χ2n) is 7.26. The number of esters is 1. The molecular formula is C26H25NO3. The van der Waals surface area contributed by atoms with Crippen molar-refractivity contribution < 1.29 is 13.9 Å². The summed E-state index contributed by atoms with van der Waals surface area (Å²) in [7, 11) is 0. The van der Waals surface area contributed by atoms with Crippen LogP contribution in [0.25, 0.3) is 33.7 Å². The van der Waals surface area contributed by atoms with E-state index in [9.17, 15) is 4.79 Å². The van der Waals surface area contributed by atoms with E-state index in [1.165, 1.54) is 18.4 Å². The van der Waals surface area contributed by atoms with Crippen molar-refractivity contribution in [1.82, 2.24) is 4.98 Å². The number of carbonyl (C=O) groups is 1. The van der Waals surface area contributed by atoms with Crippen LogP contribution in [0.4, 0.5) is 0 Å². The number of hydrogen-bond acceptors (Lipinski definition) is 4. The molecule has 0 amide bonds. The van der Waals surface area contributed by atoms with E-state index in [-0.39, 0.29) is 5.97 Å². The number of aromatic nitrogens is 1. The lowest BCUT2D eigenvalue weighted by atomic mass is 10.1. The van der Waals surface area contributed by atoms with Crippen LogP contribution in [-0.4, -0.2) is 17.6 Å². The van der Waals surface area contributed by atoms with E-state index in [1.54, 1.807) is 13.0 Å². The molecule has 0 N–H and O–H groups in total. The maximum atomic E-state index is 12.5. The van der Waals surface area contributed by atoms with Gasteiger partial charge in [-0.15, -0.1) is 0 Å². The highest BCUT2D eigenvalue weighted by atomic mass is 16.5. The summed E-state index contributed by atoms with van der Waals surface area (Å²) >= 11 is 0. The Hall–Kier alpha value is -3.40. The van der Waals surface area contributed by atoms with Gasteiger partial charge in [0, 0.05) is 10.9 Å². The summed E-state index contributed by atoms with van der Waals surface area (Å²) in [6, 6.07) is 21.6. The number of nitrogens with zero attached hydrogens (tertiary/aromatic N) is 1. The number of para-hydroxylation sites is 1. The number of fused-ring (bicyclic) bond motifs is 1. The van der Waals surface area contributed by atoms with E-state index in [4.69, 9.17) is 14.1 Å². The van der Waals surface area contributed by atoms with E-state index < -0.39 is 0 Å². The van der Waals surface area contributed by atoms with Crippen LogP contribution in [0.2, 0.25) is 0 Å². The highest BCUT2D eigenvalue weighted by Crippen LogP contribution is 2.30. The molecule has 4 aromatic rings. The predicted molar refractivity (Wildman–Crippen MR) is 119 cm³/mol. The second kappa shape index (κ2) is 8.95. The molecule has 0 aliphatic heterocycles. The van der Waals surface area contributed by atoms with Crippen LogP contribution in [0, 0.1) is 0 Å². The van der Waals surface area contributed by atoms with Crippen molar-refractivity contribution in [3.05, 3.63) is 77.9 Å². The Morgan fingerprint density at radius 1 is 0.967 bits per heavy atom. The van der Waals surface area contributed by atoms with E-state index in [1.807, 2.05) is 36.4 Å². The van der Waals surface area contributed by atoms with Crippen LogP contribution < -0.4 is 0 Å². The van der Waals surface area contributed by atoms with Crippen LogP contribution in [0.5, 0.6) is 0 Å². The summed E-state index contributed by atoms with van der Waals surface area (Å²) in [4.78, 5) is 17.2. The van der Waals surface area contributed by atoms with Gasteiger partial charge in [0.25, 0.3) is 0 Å². The molecular weight excluding hydrogens is 374 g/mol. The molecule has 152 valence electrons. The summed E-state index contributed by atoms with van der Waals surface area (Å²) in [5.41, 5.74) is 4.20. The van der Waals surface area contributed by atoms with Crippen molar-refractivity contribution in [1.29, 1.82) is 0 Å². The molecule has 0 spiro atoms. The lowest BCUT2D eigenvalue weighted by Crippen LogP contribution is -2.06. The van der Waals surface area contributed by atoms with Crippen LogP contribution >= 0.6 is 0 Å². The summed E-state index contributed by atoms with van der Waals surface area (Å²) in [5.74, 6) is 1.04. The Morgan fingerprint density at radius 3 is 2.50 bits per heavy atom. The fourth-order valence-electron chi connectivity index (χ4n) is 3.53. The topological polar surface area (TPSA) is 52.3 Å². The first-order valence-corrected chi connectivity index (χ1v) is 10.5. The number of aryl methyl sites for hydroxylation is 1. The zero-order chi connectivity index (χ0) is 20.9. The summed E-state index contributed by atoms with van der Waals surface area (Å²) in [5, 5.41) is 0.772. The molecule has 0 saturated carbocycles.